The van der Waals surface area contributed by atoms with Crippen molar-refractivity contribution in [3.8, 4) is 6.07 Å². The molecule has 1 atom stereocenters. The van der Waals surface area contributed by atoms with E-state index in [0.29, 0.717) is 36.1 Å². The van der Waals surface area contributed by atoms with Crippen LogP contribution in [0.3, 0.4) is 0 Å². The van der Waals surface area contributed by atoms with E-state index >= 15 is 0 Å². The Balaban J connectivity index is 1.52. The van der Waals surface area contributed by atoms with E-state index < -0.39 is 16.7 Å². The van der Waals surface area contributed by atoms with Crippen LogP contribution in [-0.2, 0) is 15.0 Å². The molecule has 0 radical (unpaired) electrons. The SMILES string of the molecule is CC(C)(C(N)=O)c1ccc(Nc2nccc(N3CC[C@@](C#N)(C4CC4)C3=O)n2)cn1. The van der Waals surface area contributed by atoms with Crippen LogP contribution in [0.4, 0.5) is 17.5 Å². The van der Waals surface area contributed by atoms with Crippen molar-refractivity contribution in [1.82, 2.24) is 15.0 Å². The second-order valence-corrected chi connectivity index (χ2v) is 8.35. The summed E-state index contributed by atoms with van der Waals surface area (Å²) < 4.78 is 0. The maximum Gasteiger partial charge on any atom is 0.248 e. The summed E-state index contributed by atoms with van der Waals surface area (Å²) in [7, 11) is 0. The number of nitriles is 1. The molecule has 2 aliphatic rings. The first-order chi connectivity index (χ1) is 14.3. The number of amides is 2. The largest absolute Gasteiger partial charge is 0.369 e. The predicted molar refractivity (Wildman–Crippen MR) is 110 cm³/mol. The monoisotopic (exact) mass is 405 g/mol. The maximum absolute atomic E-state index is 13.0. The number of nitrogens with zero attached hydrogens (tertiary/aromatic N) is 5. The minimum atomic E-state index is -0.911. The molecule has 0 unspecified atom stereocenters. The average Bonchev–Trinajstić information content (AvgIpc) is 3.52. The van der Waals surface area contributed by atoms with E-state index in [9.17, 15) is 14.9 Å². The summed E-state index contributed by atoms with van der Waals surface area (Å²) in [5, 5.41) is 12.7. The van der Waals surface area contributed by atoms with Gasteiger partial charge in [0.2, 0.25) is 17.8 Å². The van der Waals surface area contributed by atoms with Crippen LogP contribution in [0.25, 0.3) is 0 Å². The van der Waals surface area contributed by atoms with E-state index in [2.05, 4.69) is 26.3 Å². The third-order valence-corrected chi connectivity index (χ3v) is 6.02. The van der Waals surface area contributed by atoms with Crippen LogP contribution in [0.1, 0.15) is 38.8 Å². The highest BCUT2D eigenvalue weighted by molar-refractivity contribution is 6.01. The summed E-state index contributed by atoms with van der Waals surface area (Å²) in [4.78, 5) is 39.1. The molecule has 0 bridgehead atoms. The van der Waals surface area contributed by atoms with Crippen molar-refractivity contribution >= 4 is 29.3 Å². The zero-order valence-corrected chi connectivity index (χ0v) is 16.9. The van der Waals surface area contributed by atoms with Crippen molar-refractivity contribution in [2.75, 3.05) is 16.8 Å². The molecule has 2 amide bonds. The molecule has 1 saturated carbocycles. The normalized spacial score (nSPS) is 21.4. The van der Waals surface area contributed by atoms with Gasteiger partial charge in [0.05, 0.1) is 29.1 Å². The molecule has 1 aliphatic heterocycles. The lowest BCUT2D eigenvalue weighted by atomic mass is 9.83. The van der Waals surface area contributed by atoms with E-state index in [-0.39, 0.29) is 11.8 Å². The number of anilines is 3. The number of pyridine rings is 1. The number of nitrogens with two attached hydrogens (primary N) is 1. The van der Waals surface area contributed by atoms with E-state index in [1.165, 1.54) is 0 Å². The number of hydrogen-bond acceptors (Lipinski definition) is 7. The Morgan fingerprint density at radius 1 is 1.33 bits per heavy atom. The zero-order valence-electron chi connectivity index (χ0n) is 16.9. The van der Waals surface area contributed by atoms with Gasteiger partial charge < -0.3 is 11.1 Å². The minimum absolute atomic E-state index is 0.161. The third-order valence-electron chi connectivity index (χ3n) is 6.02. The van der Waals surface area contributed by atoms with Gasteiger partial charge in [-0.1, -0.05) is 0 Å². The van der Waals surface area contributed by atoms with Gasteiger partial charge in [-0.3, -0.25) is 19.5 Å². The first-order valence-corrected chi connectivity index (χ1v) is 9.87. The van der Waals surface area contributed by atoms with Crippen LogP contribution in [0.2, 0.25) is 0 Å². The van der Waals surface area contributed by atoms with Gasteiger partial charge in [-0.2, -0.15) is 10.2 Å². The second kappa shape index (κ2) is 7.06. The van der Waals surface area contributed by atoms with Crippen molar-refractivity contribution in [3.05, 3.63) is 36.3 Å². The molecule has 154 valence electrons. The third kappa shape index (κ3) is 3.24. The molecule has 9 heteroatoms. The molecule has 2 fully saturated rings. The lowest BCUT2D eigenvalue weighted by Crippen LogP contribution is -2.36. The standard InChI is InChI=1S/C21H23N7O2/c1-20(2,17(23)29)15-6-5-14(11-25-15)26-19-24-9-7-16(27-19)28-10-8-21(12-22,18(28)30)13-3-4-13/h5-7,9,11,13H,3-4,8,10H2,1-2H3,(H2,23,29)(H,24,26,27)/t21-/m1/s1. The smallest absolute Gasteiger partial charge is 0.248 e. The maximum atomic E-state index is 13.0. The summed E-state index contributed by atoms with van der Waals surface area (Å²) in [6, 6.07) is 7.43. The van der Waals surface area contributed by atoms with Crippen molar-refractivity contribution in [1.29, 1.82) is 5.26 Å². The second-order valence-electron chi connectivity index (χ2n) is 8.35. The number of carbonyl (C=O) groups is 2. The summed E-state index contributed by atoms with van der Waals surface area (Å²) in [6.07, 6.45) is 5.53. The fourth-order valence-corrected chi connectivity index (χ4v) is 3.76. The Kier molecular flexibility index (Phi) is 4.65. The van der Waals surface area contributed by atoms with Crippen molar-refractivity contribution in [2.45, 2.75) is 38.5 Å². The molecule has 3 heterocycles. The predicted octanol–water partition coefficient (Wildman–Crippen LogP) is 2.03. The molecule has 3 N–H and O–H groups in total. The molecule has 0 aromatic carbocycles. The fourth-order valence-electron chi connectivity index (χ4n) is 3.76. The Labute approximate surface area is 174 Å². The van der Waals surface area contributed by atoms with E-state index in [1.807, 2.05) is 0 Å². The number of nitrogens with one attached hydrogen (secondary N) is 1. The average molecular weight is 405 g/mol. The van der Waals surface area contributed by atoms with Gasteiger partial charge in [-0.15, -0.1) is 0 Å². The summed E-state index contributed by atoms with van der Waals surface area (Å²) in [5.74, 6) is 0.312. The Morgan fingerprint density at radius 3 is 2.70 bits per heavy atom. The first-order valence-electron chi connectivity index (χ1n) is 9.87. The first kappa shape index (κ1) is 19.8. The van der Waals surface area contributed by atoms with Crippen LogP contribution in [0.15, 0.2) is 30.6 Å². The van der Waals surface area contributed by atoms with Crippen molar-refractivity contribution < 1.29 is 9.59 Å². The van der Waals surface area contributed by atoms with Crippen LogP contribution >= 0.6 is 0 Å². The number of hydrogen-bond donors (Lipinski definition) is 2. The quantitative estimate of drug-likeness (QED) is 0.750. The summed E-state index contributed by atoms with van der Waals surface area (Å²) in [5.41, 5.74) is 4.84. The highest BCUT2D eigenvalue weighted by Crippen LogP contribution is 2.51. The number of primary amides is 1. The lowest BCUT2D eigenvalue weighted by molar-refractivity contribution is -0.124. The van der Waals surface area contributed by atoms with E-state index in [1.54, 1.807) is 49.3 Å². The molecule has 2 aromatic heterocycles. The Hall–Kier alpha value is -3.54. The van der Waals surface area contributed by atoms with Crippen LogP contribution in [-0.4, -0.2) is 33.3 Å². The van der Waals surface area contributed by atoms with Crippen molar-refractivity contribution in [2.24, 2.45) is 17.1 Å². The molecular weight excluding hydrogens is 382 g/mol. The van der Waals surface area contributed by atoms with Crippen LogP contribution in [0, 0.1) is 22.7 Å². The fraction of sp³-hybridized carbons (Fsp3) is 0.429. The molecule has 4 rings (SSSR count). The zero-order chi connectivity index (χ0) is 21.5. The van der Waals surface area contributed by atoms with Gasteiger partial charge in [0.15, 0.2) is 0 Å². The Bertz CT molecular complexity index is 1040. The van der Waals surface area contributed by atoms with E-state index in [4.69, 9.17) is 5.73 Å². The van der Waals surface area contributed by atoms with Gasteiger partial charge in [0.1, 0.15) is 11.2 Å². The molecule has 0 spiro atoms. The number of rotatable bonds is 6. The van der Waals surface area contributed by atoms with Gasteiger partial charge in [0.25, 0.3) is 0 Å². The molecular formula is C21H23N7O2. The van der Waals surface area contributed by atoms with E-state index in [0.717, 1.165) is 12.8 Å². The molecule has 30 heavy (non-hydrogen) atoms. The number of carbonyl (C=O) groups excluding carboxylic acids is 2. The van der Waals surface area contributed by atoms with Crippen LogP contribution < -0.4 is 16.0 Å². The molecule has 1 aliphatic carbocycles. The highest BCUT2D eigenvalue weighted by atomic mass is 16.2. The van der Waals surface area contributed by atoms with Crippen LogP contribution in [0.5, 0.6) is 0 Å². The van der Waals surface area contributed by atoms with Gasteiger partial charge in [-0.25, -0.2) is 4.98 Å². The highest BCUT2D eigenvalue weighted by Gasteiger charge is 2.57. The molecule has 1 saturated heterocycles. The molecule has 9 nitrogen and oxygen atoms in total. The van der Waals surface area contributed by atoms with Crippen molar-refractivity contribution in [3.63, 3.8) is 0 Å². The molecule has 2 aromatic rings. The van der Waals surface area contributed by atoms with Gasteiger partial charge in [0, 0.05) is 12.7 Å². The Morgan fingerprint density at radius 2 is 2.10 bits per heavy atom. The van der Waals surface area contributed by atoms with Gasteiger partial charge in [-0.05, 0) is 57.2 Å². The lowest BCUT2D eigenvalue weighted by Gasteiger charge is -2.20. The summed E-state index contributed by atoms with van der Waals surface area (Å²) in [6.45, 7) is 3.90. The minimum Gasteiger partial charge on any atom is -0.369 e. The summed E-state index contributed by atoms with van der Waals surface area (Å²) >= 11 is 0. The van der Waals surface area contributed by atoms with Gasteiger partial charge >= 0.3 is 0 Å². The topological polar surface area (TPSA) is 138 Å². The number of aromatic nitrogens is 3.